The third-order valence-electron chi connectivity index (χ3n) is 3.44. The number of aromatic hydroxyl groups is 1. The molecule has 7 nitrogen and oxygen atoms in total. The molecular formula is C15H15N3O4S. The van der Waals surface area contributed by atoms with Crippen molar-refractivity contribution >= 4 is 20.9 Å². The molecule has 0 radical (unpaired) electrons. The first kappa shape index (κ1) is 15.4. The molecule has 120 valence electrons. The van der Waals surface area contributed by atoms with E-state index >= 15 is 0 Å². The Morgan fingerprint density at radius 2 is 1.83 bits per heavy atom. The fraction of sp³-hybridized carbons (Fsp3) is 0.200. The quantitative estimate of drug-likeness (QED) is 0.740. The van der Waals surface area contributed by atoms with Crippen molar-refractivity contribution in [1.82, 2.24) is 15.0 Å². The number of phenolic OH excluding ortho intramolecular Hbond substituents is 1. The highest BCUT2D eigenvalue weighted by molar-refractivity contribution is 7.90. The second-order valence-electron chi connectivity index (χ2n) is 5.21. The molecule has 0 fully saturated rings. The monoisotopic (exact) mass is 333 g/mol. The summed E-state index contributed by atoms with van der Waals surface area (Å²) in [6.45, 7) is -0.00353. The maximum atomic E-state index is 11.6. The fourth-order valence-corrected chi connectivity index (χ4v) is 2.89. The van der Waals surface area contributed by atoms with Crippen LogP contribution >= 0.6 is 0 Å². The van der Waals surface area contributed by atoms with E-state index in [1.807, 2.05) is 0 Å². The Bertz CT molecular complexity index is 980. The summed E-state index contributed by atoms with van der Waals surface area (Å²) < 4.78 is 23.2. The number of aromatic nitrogens is 3. The maximum Gasteiger partial charge on any atom is 0.175 e. The Morgan fingerprint density at radius 3 is 2.52 bits per heavy atom. The Labute approximate surface area is 132 Å². The van der Waals surface area contributed by atoms with Crippen LogP contribution in [0.15, 0.2) is 41.3 Å². The Kier molecular flexibility index (Phi) is 3.78. The summed E-state index contributed by atoms with van der Waals surface area (Å²) >= 11 is 0. The largest absolute Gasteiger partial charge is 0.506 e. The molecule has 0 bridgehead atoms. The van der Waals surface area contributed by atoms with Gasteiger partial charge in [-0.15, -0.1) is 15.0 Å². The summed E-state index contributed by atoms with van der Waals surface area (Å²) in [5.74, 6) is -0.00432. The van der Waals surface area contributed by atoms with E-state index in [1.54, 1.807) is 18.2 Å². The van der Waals surface area contributed by atoms with Gasteiger partial charge in [-0.05, 0) is 42.3 Å². The van der Waals surface area contributed by atoms with E-state index in [1.165, 1.54) is 23.0 Å². The van der Waals surface area contributed by atoms with Crippen molar-refractivity contribution in [3.8, 4) is 11.4 Å². The lowest BCUT2D eigenvalue weighted by molar-refractivity contribution is 0.299. The summed E-state index contributed by atoms with van der Waals surface area (Å²) in [5, 5.41) is 27.5. The number of fused-ring (bicyclic) bond motifs is 1. The molecule has 2 N–H and O–H groups in total. The lowest BCUT2D eigenvalue weighted by Gasteiger charge is -2.05. The molecule has 8 heteroatoms. The minimum absolute atomic E-state index is 0.00353. The predicted octanol–water partition coefficient (Wildman–Crippen LogP) is 1.06. The molecule has 0 aliphatic carbocycles. The lowest BCUT2D eigenvalue weighted by Crippen LogP contribution is -2.01. The van der Waals surface area contributed by atoms with Gasteiger partial charge in [0.2, 0.25) is 0 Å². The van der Waals surface area contributed by atoms with Crippen LogP contribution in [-0.4, -0.2) is 46.5 Å². The van der Waals surface area contributed by atoms with Gasteiger partial charge in [0, 0.05) is 12.9 Å². The van der Waals surface area contributed by atoms with Gasteiger partial charge in [0.05, 0.1) is 4.90 Å². The molecule has 0 aliphatic heterocycles. The van der Waals surface area contributed by atoms with Crippen LogP contribution in [0.4, 0.5) is 0 Å². The van der Waals surface area contributed by atoms with Crippen molar-refractivity contribution in [2.45, 2.75) is 11.3 Å². The van der Waals surface area contributed by atoms with Gasteiger partial charge in [0.25, 0.3) is 0 Å². The van der Waals surface area contributed by atoms with Gasteiger partial charge in [-0.2, -0.15) is 0 Å². The van der Waals surface area contributed by atoms with Crippen LogP contribution in [0.2, 0.25) is 0 Å². The minimum atomic E-state index is -3.33. The first-order chi connectivity index (χ1) is 10.9. The van der Waals surface area contributed by atoms with Crippen LogP contribution in [-0.2, 0) is 16.3 Å². The van der Waals surface area contributed by atoms with E-state index in [4.69, 9.17) is 5.11 Å². The molecular weight excluding hydrogens is 318 g/mol. The molecule has 1 aromatic heterocycles. The summed E-state index contributed by atoms with van der Waals surface area (Å²) in [5.41, 5.74) is 2.13. The molecule has 0 aliphatic rings. The van der Waals surface area contributed by atoms with Crippen LogP contribution in [0.1, 0.15) is 5.56 Å². The average Bonchev–Trinajstić information content (AvgIpc) is 2.91. The summed E-state index contributed by atoms with van der Waals surface area (Å²) in [7, 11) is -3.33. The van der Waals surface area contributed by atoms with Crippen molar-refractivity contribution in [3.05, 3.63) is 42.0 Å². The van der Waals surface area contributed by atoms with Crippen LogP contribution in [0.5, 0.6) is 5.75 Å². The molecule has 3 rings (SSSR count). The van der Waals surface area contributed by atoms with E-state index in [0.29, 0.717) is 23.1 Å². The van der Waals surface area contributed by atoms with Crippen LogP contribution in [0, 0.1) is 0 Å². The van der Waals surface area contributed by atoms with Crippen LogP contribution in [0.25, 0.3) is 16.7 Å². The molecule has 23 heavy (non-hydrogen) atoms. The number of phenols is 1. The molecule has 0 saturated heterocycles. The number of hydrogen-bond donors (Lipinski definition) is 2. The molecule has 3 aromatic rings. The van der Waals surface area contributed by atoms with Crippen LogP contribution < -0.4 is 0 Å². The second kappa shape index (κ2) is 5.64. The predicted molar refractivity (Wildman–Crippen MR) is 84.4 cm³/mol. The molecule has 0 atom stereocenters. The Hall–Kier alpha value is -2.45. The van der Waals surface area contributed by atoms with Crippen molar-refractivity contribution < 1.29 is 18.6 Å². The van der Waals surface area contributed by atoms with Crippen molar-refractivity contribution in [1.29, 1.82) is 0 Å². The second-order valence-corrected chi connectivity index (χ2v) is 7.22. The first-order valence-electron chi connectivity index (χ1n) is 6.89. The third kappa shape index (κ3) is 3.03. The number of hydrogen-bond acceptors (Lipinski definition) is 6. The van der Waals surface area contributed by atoms with Crippen molar-refractivity contribution in [2.24, 2.45) is 0 Å². The number of aliphatic hydroxyl groups excluding tert-OH is 1. The van der Waals surface area contributed by atoms with E-state index in [9.17, 15) is 13.5 Å². The molecule has 1 heterocycles. The normalized spacial score (nSPS) is 11.9. The van der Waals surface area contributed by atoms with Gasteiger partial charge < -0.3 is 10.2 Å². The van der Waals surface area contributed by atoms with Gasteiger partial charge in [-0.3, -0.25) is 0 Å². The number of benzene rings is 2. The summed E-state index contributed by atoms with van der Waals surface area (Å²) in [4.78, 5) is 1.42. The van der Waals surface area contributed by atoms with Gasteiger partial charge in [0.1, 0.15) is 22.5 Å². The zero-order chi connectivity index (χ0) is 16.6. The smallest absolute Gasteiger partial charge is 0.175 e. The standard InChI is InChI=1S/C15H15N3O4S/c1-23(21,22)11-3-4-12-13(9-11)17-18(16-12)14-8-10(6-7-19)2-5-15(14)20/h2-5,8-9,19-20H,6-7H2,1H3. The van der Waals surface area contributed by atoms with Gasteiger partial charge in [0.15, 0.2) is 9.84 Å². The molecule has 0 saturated carbocycles. The Morgan fingerprint density at radius 1 is 1.09 bits per heavy atom. The van der Waals surface area contributed by atoms with Crippen molar-refractivity contribution in [2.75, 3.05) is 12.9 Å². The minimum Gasteiger partial charge on any atom is -0.506 e. The average molecular weight is 333 g/mol. The zero-order valence-corrected chi connectivity index (χ0v) is 13.2. The fourth-order valence-electron chi connectivity index (χ4n) is 2.25. The number of aliphatic hydroxyl groups is 1. The molecule has 0 amide bonds. The SMILES string of the molecule is CS(=O)(=O)c1ccc2nn(-c3cc(CCO)ccc3O)nc2c1. The topological polar surface area (TPSA) is 105 Å². The highest BCUT2D eigenvalue weighted by Gasteiger charge is 2.13. The van der Waals surface area contributed by atoms with Gasteiger partial charge in [-0.25, -0.2) is 8.42 Å². The number of nitrogens with zero attached hydrogens (tertiary/aromatic N) is 3. The van der Waals surface area contributed by atoms with E-state index < -0.39 is 9.84 Å². The van der Waals surface area contributed by atoms with E-state index in [0.717, 1.165) is 11.8 Å². The highest BCUT2D eigenvalue weighted by atomic mass is 32.2. The lowest BCUT2D eigenvalue weighted by atomic mass is 10.1. The van der Waals surface area contributed by atoms with Crippen molar-refractivity contribution in [3.63, 3.8) is 0 Å². The third-order valence-corrected chi connectivity index (χ3v) is 4.55. The van der Waals surface area contributed by atoms with Gasteiger partial charge >= 0.3 is 0 Å². The highest BCUT2D eigenvalue weighted by Crippen LogP contribution is 2.24. The number of sulfone groups is 1. The summed E-state index contributed by atoms with van der Waals surface area (Å²) in [6, 6.07) is 9.39. The van der Waals surface area contributed by atoms with Crippen LogP contribution in [0.3, 0.4) is 0 Å². The van der Waals surface area contributed by atoms with E-state index in [-0.39, 0.29) is 17.3 Å². The van der Waals surface area contributed by atoms with E-state index in [2.05, 4.69) is 10.2 Å². The first-order valence-corrected chi connectivity index (χ1v) is 8.78. The Balaban J connectivity index is 2.12. The molecule has 0 unspecified atom stereocenters. The number of rotatable bonds is 4. The maximum absolute atomic E-state index is 11.6. The summed E-state index contributed by atoms with van der Waals surface area (Å²) in [6.07, 6.45) is 1.58. The molecule has 2 aromatic carbocycles. The molecule has 0 spiro atoms. The zero-order valence-electron chi connectivity index (χ0n) is 12.3. The van der Waals surface area contributed by atoms with Gasteiger partial charge in [-0.1, -0.05) is 6.07 Å².